The van der Waals surface area contributed by atoms with Crippen molar-refractivity contribution >= 4 is 29.2 Å². The topological polar surface area (TPSA) is 114 Å². The molecule has 2 N–H and O–H groups in total. The molecule has 10 heteroatoms. The minimum atomic E-state index is -0.287. The molecule has 0 spiro atoms. The van der Waals surface area contributed by atoms with Crippen LogP contribution in [0.2, 0.25) is 0 Å². The average Bonchev–Trinajstić information content (AvgIpc) is 3.34. The van der Waals surface area contributed by atoms with Crippen molar-refractivity contribution in [2.24, 2.45) is 0 Å². The molecule has 1 saturated heterocycles. The Hall–Kier alpha value is -4.47. The van der Waals surface area contributed by atoms with Crippen molar-refractivity contribution in [3.63, 3.8) is 0 Å². The maximum absolute atomic E-state index is 12.7. The number of fused-ring (bicyclic) bond motifs is 1. The third-order valence-electron chi connectivity index (χ3n) is 6.46. The van der Waals surface area contributed by atoms with Crippen LogP contribution in [0.15, 0.2) is 61.1 Å². The van der Waals surface area contributed by atoms with Gasteiger partial charge in [0.05, 0.1) is 6.61 Å². The first-order valence-electron chi connectivity index (χ1n) is 12.4. The Labute approximate surface area is 214 Å². The van der Waals surface area contributed by atoms with Gasteiger partial charge in [-0.1, -0.05) is 18.2 Å². The number of nitrogens with zero attached hydrogens (tertiary/aromatic N) is 5. The van der Waals surface area contributed by atoms with Crippen molar-refractivity contribution in [2.45, 2.75) is 25.7 Å². The Morgan fingerprint density at radius 3 is 2.68 bits per heavy atom. The molecule has 4 aromatic rings. The SMILES string of the molecule is CCOC(=O)N1CCCC(c2nc(-c3ccc(C(=O)Nc4ccccn4)cc3)c3c(NC)nccn23)C1. The summed E-state index contributed by atoms with van der Waals surface area (Å²) in [6.07, 6.45) is 6.78. The van der Waals surface area contributed by atoms with E-state index in [9.17, 15) is 9.59 Å². The normalized spacial score (nSPS) is 15.4. The zero-order chi connectivity index (χ0) is 25.8. The predicted octanol–water partition coefficient (Wildman–Crippen LogP) is 4.42. The molecule has 1 aliphatic rings. The number of hydrogen-bond acceptors (Lipinski definition) is 7. The Kier molecular flexibility index (Phi) is 6.98. The van der Waals surface area contributed by atoms with Gasteiger partial charge in [-0.3, -0.25) is 9.20 Å². The summed E-state index contributed by atoms with van der Waals surface area (Å²) in [5, 5.41) is 5.97. The van der Waals surface area contributed by atoms with Gasteiger partial charge in [-0.15, -0.1) is 0 Å². The van der Waals surface area contributed by atoms with Gasteiger partial charge in [0.25, 0.3) is 5.91 Å². The van der Waals surface area contributed by atoms with E-state index >= 15 is 0 Å². The fourth-order valence-corrected chi connectivity index (χ4v) is 4.71. The van der Waals surface area contributed by atoms with Crippen LogP contribution in [0.25, 0.3) is 16.8 Å². The number of likely N-dealkylation sites (tertiary alicyclic amines) is 1. The van der Waals surface area contributed by atoms with Crippen molar-refractivity contribution < 1.29 is 14.3 Å². The van der Waals surface area contributed by atoms with E-state index in [2.05, 4.69) is 25.0 Å². The van der Waals surface area contributed by atoms with Crippen LogP contribution >= 0.6 is 0 Å². The van der Waals surface area contributed by atoms with Gasteiger partial charge in [-0.05, 0) is 44.0 Å². The molecule has 3 aromatic heterocycles. The second-order valence-electron chi connectivity index (χ2n) is 8.79. The van der Waals surface area contributed by atoms with Gasteiger partial charge in [0, 0.05) is 55.8 Å². The molecule has 1 unspecified atom stereocenters. The molecule has 37 heavy (non-hydrogen) atoms. The molecule has 1 fully saturated rings. The number of benzene rings is 1. The number of carbonyl (C=O) groups is 2. The summed E-state index contributed by atoms with van der Waals surface area (Å²) in [6, 6.07) is 12.7. The number of pyridine rings is 1. The van der Waals surface area contributed by atoms with E-state index in [1.54, 1.807) is 41.6 Å². The first-order chi connectivity index (χ1) is 18.1. The molecule has 5 rings (SSSR count). The monoisotopic (exact) mass is 499 g/mol. The van der Waals surface area contributed by atoms with Crippen LogP contribution < -0.4 is 10.6 Å². The number of rotatable bonds is 6. The van der Waals surface area contributed by atoms with Gasteiger partial charge >= 0.3 is 6.09 Å². The number of hydrogen-bond donors (Lipinski definition) is 2. The second kappa shape index (κ2) is 10.7. The van der Waals surface area contributed by atoms with Crippen molar-refractivity contribution in [3.05, 3.63) is 72.4 Å². The van der Waals surface area contributed by atoms with Gasteiger partial charge in [0.2, 0.25) is 0 Å². The summed E-state index contributed by atoms with van der Waals surface area (Å²) in [6.45, 7) is 3.38. The fourth-order valence-electron chi connectivity index (χ4n) is 4.71. The Morgan fingerprint density at radius 1 is 1.11 bits per heavy atom. The van der Waals surface area contributed by atoms with Gasteiger partial charge in [0.15, 0.2) is 5.82 Å². The Bertz CT molecular complexity index is 1400. The van der Waals surface area contributed by atoms with Gasteiger partial charge < -0.3 is 20.3 Å². The maximum Gasteiger partial charge on any atom is 0.409 e. The molecular weight excluding hydrogens is 470 g/mol. The Morgan fingerprint density at radius 2 is 1.95 bits per heavy atom. The van der Waals surface area contributed by atoms with Gasteiger partial charge in [-0.25, -0.2) is 19.7 Å². The minimum absolute atomic E-state index is 0.0509. The number of piperidine rings is 1. The molecule has 0 radical (unpaired) electrons. The van der Waals surface area contributed by atoms with Crippen LogP contribution in [-0.2, 0) is 4.74 Å². The lowest BCUT2D eigenvalue weighted by atomic mass is 9.97. The third kappa shape index (κ3) is 4.95. The molecular formula is C27H29N7O3. The fraction of sp³-hybridized carbons (Fsp3) is 0.296. The van der Waals surface area contributed by atoms with Crippen LogP contribution in [-0.4, -0.2) is 63.0 Å². The molecule has 10 nitrogen and oxygen atoms in total. The van der Waals surface area contributed by atoms with E-state index in [1.807, 2.05) is 38.4 Å². The van der Waals surface area contributed by atoms with Crippen LogP contribution in [0.5, 0.6) is 0 Å². The zero-order valence-electron chi connectivity index (χ0n) is 20.8. The van der Waals surface area contributed by atoms with Crippen LogP contribution in [0.3, 0.4) is 0 Å². The first kappa shape index (κ1) is 24.2. The van der Waals surface area contributed by atoms with Crippen molar-refractivity contribution in [2.75, 3.05) is 37.4 Å². The standard InChI is InChI=1S/C27H29N7O3/c1-3-37-27(36)33-15-6-7-20(17-33)25-32-22(23-24(28-2)30-14-16-34(23)25)18-9-11-19(12-10-18)26(35)31-21-8-4-5-13-29-21/h4-5,8-14,16,20H,3,6-7,15,17H2,1-2H3,(H,28,30)(H,29,31,35). The molecule has 1 aromatic carbocycles. The minimum Gasteiger partial charge on any atom is -0.450 e. The molecule has 0 aliphatic carbocycles. The van der Waals surface area contributed by atoms with Crippen molar-refractivity contribution in [1.29, 1.82) is 0 Å². The predicted molar refractivity (Wildman–Crippen MR) is 141 cm³/mol. The number of ether oxygens (including phenoxy) is 1. The van der Waals surface area contributed by atoms with Crippen LogP contribution in [0.1, 0.15) is 41.9 Å². The highest BCUT2D eigenvalue weighted by atomic mass is 16.6. The van der Waals surface area contributed by atoms with E-state index in [1.165, 1.54) is 0 Å². The molecule has 2 amide bonds. The molecule has 1 aliphatic heterocycles. The van der Waals surface area contributed by atoms with E-state index in [0.717, 1.165) is 35.4 Å². The first-order valence-corrected chi connectivity index (χ1v) is 12.4. The smallest absolute Gasteiger partial charge is 0.409 e. The lowest BCUT2D eigenvalue weighted by Gasteiger charge is -2.31. The Balaban J connectivity index is 1.47. The quantitative estimate of drug-likeness (QED) is 0.404. The molecule has 1 atom stereocenters. The van der Waals surface area contributed by atoms with E-state index in [0.29, 0.717) is 36.9 Å². The van der Waals surface area contributed by atoms with Gasteiger partial charge in [0.1, 0.15) is 22.9 Å². The summed E-state index contributed by atoms with van der Waals surface area (Å²) < 4.78 is 7.29. The second-order valence-corrected chi connectivity index (χ2v) is 8.79. The van der Waals surface area contributed by atoms with Gasteiger partial charge in [-0.2, -0.15) is 0 Å². The number of amides is 2. The number of imidazole rings is 1. The summed E-state index contributed by atoms with van der Waals surface area (Å²) in [7, 11) is 1.83. The van der Waals surface area contributed by atoms with Crippen LogP contribution in [0.4, 0.5) is 16.4 Å². The summed E-state index contributed by atoms with van der Waals surface area (Å²) in [4.78, 5) is 40.5. The van der Waals surface area contributed by atoms with E-state index in [4.69, 9.17) is 9.72 Å². The summed E-state index contributed by atoms with van der Waals surface area (Å²) >= 11 is 0. The van der Waals surface area contributed by atoms with E-state index < -0.39 is 0 Å². The number of nitrogens with one attached hydrogen (secondary N) is 2. The van der Waals surface area contributed by atoms with Crippen molar-refractivity contribution in [3.8, 4) is 11.3 Å². The number of anilines is 2. The summed E-state index contributed by atoms with van der Waals surface area (Å²) in [5.41, 5.74) is 2.99. The lowest BCUT2D eigenvalue weighted by Crippen LogP contribution is -2.39. The largest absolute Gasteiger partial charge is 0.450 e. The van der Waals surface area contributed by atoms with E-state index in [-0.39, 0.29) is 17.9 Å². The lowest BCUT2D eigenvalue weighted by molar-refractivity contribution is 0.0951. The molecule has 0 saturated carbocycles. The zero-order valence-corrected chi connectivity index (χ0v) is 20.8. The maximum atomic E-state index is 12.7. The molecule has 190 valence electrons. The van der Waals surface area contributed by atoms with Crippen molar-refractivity contribution in [1.82, 2.24) is 24.3 Å². The highest BCUT2D eigenvalue weighted by molar-refractivity contribution is 6.04. The highest BCUT2D eigenvalue weighted by Crippen LogP contribution is 2.34. The molecule has 4 heterocycles. The molecule has 0 bridgehead atoms. The summed E-state index contributed by atoms with van der Waals surface area (Å²) in [5.74, 6) is 1.88. The third-order valence-corrected chi connectivity index (χ3v) is 6.46. The van der Waals surface area contributed by atoms with Crippen LogP contribution in [0, 0.1) is 0 Å². The highest BCUT2D eigenvalue weighted by Gasteiger charge is 2.30. The number of carbonyl (C=O) groups excluding carboxylic acids is 2. The average molecular weight is 500 g/mol. The number of aromatic nitrogens is 4.